The van der Waals surface area contributed by atoms with Crippen molar-refractivity contribution in [1.29, 1.82) is 0 Å². The zero-order valence-electron chi connectivity index (χ0n) is 13.3. The van der Waals surface area contributed by atoms with Crippen LogP contribution < -0.4 is 0 Å². The number of hydrogen-bond acceptors (Lipinski definition) is 0. The van der Waals surface area contributed by atoms with Crippen molar-refractivity contribution >= 4 is 0 Å². The lowest BCUT2D eigenvalue weighted by Gasteiger charge is -2.20. The zero-order chi connectivity index (χ0) is 13.6. The van der Waals surface area contributed by atoms with Crippen LogP contribution in [0.1, 0.15) is 97.8 Å². The Morgan fingerprint density at radius 1 is 0.833 bits per heavy atom. The minimum Gasteiger partial charge on any atom is -0.0654 e. The molecule has 1 radical (unpaired) electrons. The first-order valence-electron chi connectivity index (χ1n) is 8.53. The summed E-state index contributed by atoms with van der Waals surface area (Å²) in [4.78, 5) is 0. The van der Waals surface area contributed by atoms with E-state index >= 15 is 0 Å². The summed E-state index contributed by atoms with van der Waals surface area (Å²) in [6, 6.07) is 0. The monoisotopic (exact) mass is 253 g/mol. The SMILES string of the molecule is [CH2]CCCC(CCCCCCCC)CC(C)CC. The van der Waals surface area contributed by atoms with Crippen molar-refractivity contribution in [2.24, 2.45) is 11.8 Å². The molecule has 0 nitrogen and oxygen atoms in total. The average Bonchev–Trinajstić information content (AvgIpc) is 2.39. The van der Waals surface area contributed by atoms with Crippen molar-refractivity contribution in [3.05, 3.63) is 6.92 Å². The molecule has 0 heteroatoms. The molecule has 0 saturated carbocycles. The Balaban J connectivity index is 3.65. The van der Waals surface area contributed by atoms with Crippen molar-refractivity contribution in [1.82, 2.24) is 0 Å². The highest BCUT2D eigenvalue weighted by Gasteiger charge is 2.11. The van der Waals surface area contributed by atoms with Crippen LogP contribution in [0.4, 0.5) is 0 Å². The molecule has 0 heterocycles. The fourth-order valence-corrected chi connectivity index (χ4v) is 2.76. The van der Waals surface area contributed by atoms with Crippen molar-refractivity contribution in [2.75, 3.05) is 0 Å². The van der Waals surface area contributed by atoms with Crippen LogP contribution >= 0.6 is 0 Å². The summed E-state index contributed by atoms with van der Waals surface area (Å²) in [7, 11) is 0. The molecule has 109 valence electrons. The first-order chi connectivity index (χ1) is 8.74. The molecule has 0 saturated heterocycles. The van der Waals surface area contributed by atoms with Gasteiger partial charge in [-0.3, -0.25) is 0 Å². The minimum atomic E-state index is 0.917. The van der Waals surface area contributed by atoms with Gasteiger partial charge in [-0.05, 0) is 18.3 Å². The fraction of sp³-hybridized carbons (Fsp3) is 0.944. The minimum absolute atomic E-state index is 0.917. The van der Waals surface area contributed by atoms with Crippen molar-refractivity contribution < 1.29 is 0 Å². The van der Waals surface area contributed by atoms with Gasteiger partial charge in [0.2, 0.25) is 0 Å². The summed E-state index contributed by atoms with van der Waals surface area (Å²) >= 11 is 0. The Bertz CT molecular complexity index is 150. The van der Waals surface area contributed by atoms with Crippen LogP contribution in [0.25, 0.3) is 0 Å². The maximum absolute atomic E-state index is 3.99. The highest BCUT2D eigenvalue weighted by atomic mass is 14.2. The lowest BCUT2D eigenvalue weighted by atomic mass is 9.86. The molecule has 0 rings (SSSR count). The van der Waals surface area contributed by atoms with Gasteiger partial charge < -0.3 is 0 Å². The van der Waals surface area contributed by atoms with Crippen LogP contribution in [-0.2, 0) is 0 Å². The van der Waals surface area contributed by atoms with Gasteiger partial charge in [0, 0.05) is 0 Å². The van der Waals surface area contributed by atoms with Gasteiger partial charge >= 0.3 is 0 Å². The summed E-state index contributed by atoms with van der Waals surface area (Å²) < 4.78 is 0. The Morgan fingerprint density at radius 3 is 2.06 bits per heavy atom. The number of unbranched alkanes of at least 4 members (excludes halogenated alkanes) is 6. The fourth-order valence-electron chi connectivity index (χ4n) is 2.76. The smallest absolute Gasteiger partial charge is 0.0412 e. The van der Waals surface area contributed by atoms with E-state index in [1.165, 1.54) is 70.6 Å². The van der Waals surface area contributed by atoms with E-state index < -0.39 is 0 Å². The van der Waals surface area contributed by atoms with Crippen LogP contribution in [0.3, 0.4) is 0 Å². The molecule has 18 heavy (non-hydrogen) atoms. The van der Waals surface area contributed by atoms with Crippen molar-refractivity contribution in [3.63, 3.8) is 0 Å². The lowest BCUT2D eigenvalue weighted by molar-refractivity contribution is 0.328. The zero-order valence-corrected chi connectivity index (χ0v) is 13.3. The summed E-state index contributed by atoms with van der Waals surface area (Å²) in [5.41, 5.74) is 0. The number of hydrogen-bond donors (Lipinski definition) is 0. The Labute approximate surface area is 117 Å². The predicted molar refractivity (Wildman–Crippen MR) is 84.8 cm³/mol. The van der Waals surface area contributed by atoms with Gasteiger partial charge in [0.1, 0.15) is 0 Å². The molecule has 0 aliphatic carbocycles. The first-order valence-corrected chi connectivity index (χ1v) is 8.53. The quantitative estimate of drug-likeness (QED) is 0.317. The van der Waals surface area contributed by atoms with E-state index in [0.29, 0.717) is 0 Å². The van der Waals surface area contributed by atoms with Gasteiger partial charge in [-0.15, -0.1) is 0 Å². The largest absolute Gasteiger partial charge is 0.0654 e. The van der Waals surface area contributed by atoms with Gasteiger partial charge in [-0.25, -0.2) is 0 Å². The van der Waals surface area contributed by atoms with Gasteiger partial charge in [0.25, 0.3) is 0 Å². The van der Waals surface area contributed by atoms with E-state index in [4.69, 9.17) is 0 Å². The van der Waals surface area contributed by atoms with Crippen LogP contribution in [0, 0.1) is 18.8 Å². The summed E-state index contributed by atoms with van der Waals surface area (Å²) in [5, 5.41) is 0. The molecule has 0 aromatic heterocycles. The van der Waals surface area contributed by atoms with Crippen LogP contribution in [-0.4, -0.2) is 0 Å². The van der Waals surface area contributed by atoms with Gasteiger partial charge in [-0.2, -0.15) is 0 Å². The summed E-state index contributed by atoms with van der Waals surface area (Å²) in [5.74, 6) is 1.90. The molecule has 0 fully saturated rings. The second kappa shape index (κ2) is 13.4. The molecule has 0 aliphatic rings. The van der Waals surface area contributed by atoms with E-state index in [9.17, 15) is 0 Å². The Hall–Kier alpha value is 0. The van der Waals surface area contributed by atoms with Crippen molar-refractivity contribution in [3.8, 4) is 0 Å². The average molecular weight is 253 g/mol. The molecular formula is C18H37. The third-order valence-corrected chi connectivity index (χ3v) is 4.26. The second-order valence-corrected chi connectivity index (χ2v) is 6.17. The van der Waals surface area contributed by atoms with E-state index in [2.05, 4.69) is 27.7 Å². The van der Waals surface area contributed by atoms with E-state index in [-0.39, 0.29) is 0 Å². The predicted octanol–water partition coefficient (Wildman–Crippen LogP) is 6.79. The third-order valence-electron chi connectivity index (χ3n) is 4.26. The van der Waals surface area contributed by atoms with Crippen LogP contribution in [0.15, 0.2) is 0 Å². The molecule has 0 amide bonds. The summed E-state index contributed by atoms with van der Waals surface area (Å²) in [6.07, 6.45) is 16.7. The van der Waals surface area contributed by atoms with Crippen LogP contribution in [0.2, 0.25) is 0 Å². The first kappa shape index (κ1) is 18.0. The second-order valence-electron chi connectivity index (χ2n) is 6.17. The third kappa shape index (κ3) is 11.1. The molecule has 0 N–H and O–H groups in total. The summed E-state index contributed by atoms with van der Waals surface area (Å²) in [6.45, 7) is 11.0. The molecule has 0 bridgehead atoms. The Morgan fingerprint density at radius 2 is 1.44 bits per heavy atom. The maximum atomic E-state index is 3.99. The van der Waals surface area contributed by atoms with E-state index in [1.54, 1.807) is 0 Å². The maximum Gasteiger partial charge on any atom is -0.0412 e. The molecule has 0 spiro atoms. The van der Waals surface area contributed by atoms with Crippen molar-refractivity contribution in [2.45, 2.75) is 97.8 Å². The molecule has 0 aromatic carbocycles. The highest BCUT2D eigenvalue weighted by Crippen LogP contribution is 2.25. The van der Waals surface area contributed by atoms with Gasteiger partial charge in [-0.1, -0.05) is 98.3 Å². The lowest BCUT2D eigenvalue weighted by Crippen LogP contribution is -2.06. The number of rotatable bonds is 13. The topological polar surface area (TPSA) is 0 Å². The molecular weight excluding hydrogens is 216 g/mol. The van der Waals surface area contributed by atoms with E-state index in [0.717, 1.165) is 18.3 Å². The molecule has 2 unspecified atom stereocenters. The molecule has 0 aromatic rings. The van der Waals surface area contributed by atoms with Gasteiger partial charge in [0.05, 0.1) is 0 Å². The highest BCUT2D eigenvalue weighted by molar-refractivity contribution is 4.64. The van der Waals surface area contributed by atoms with Gasteiger partial charge in [0.15, 0.2) is 0 Å². The van der Waals surface area contributed by atoms with Crippen LogP contribution in [0.5, 0.6) is 0 Å². The molecule has 0 aliphatic heterocycles. The normalized spacial score (nSPS) is 14.7. The van der Waals surface area contributed by atoms with E-state index in [1.807, 2.05) is 0 Å². The molecule has 2 atom stereocenters. The Kier molecular flexibility index (Phi) is 13.4. The standard InChI is InChI=1S/C18H37/c1-5-8-10-11-12-13-15-18(14-9-6-2)16-17(4)7-3/h17-18H,2,5-16H2,1,3-4H3.